The first kappa shape index (κ1) is 18.3. The Balaban J connectivity index is 1.44. The molecule has 1 aliphatic heterocycles. The molecule has 3 N–H and O–H groups in total. The van der Waals surface area contributed by atoms with Crippen LogP contribution >= 0.6 is 11.3 Å². The van der Waals surface area contributed by atoms with E-state index in [2.05, 4.69) is 20.9 Å². The minimum Gasteiger partial charge on any atom is -0.376 e. The van der Waals surface area contributed by atoms with Crippen LogP contribution in [0.15, 0.2) is 29.6 Å². The van der Waals surface area contributed by atoms with Crippen molar-refractivity contribution in [1.29, 1.82) is 0 Å². The number of rotatable bonds is 6. The number of urea groups is 1. The molecule has 0 aliphatic carbocycles. The first-order valence-corrected chi connectivity index (χ1v) is 9.44. The molecule has 3 amide bonds. The number of hydrogen-bond acceptors (Lipinski definition) is 5. The number of aryl methyl sites for hydroxylation is 1. The average molecular weight is 374 g/mol. The lowest BCUT2D eigenvalue weighted by Crippen LogP contribution is -2.31. The number of anilines is 1. The lowest BCUT2D eigenvalue weighted by Gasteiger charge is -2.11. The molecule has 1 aromatic carbocycles. The number of aromatic nitrogens is 1. The third-order valence-electron chi connectivity index (χ3n) is 4.02. The summed E-state index contributed by atoms with van der Waals surface area (Å²) in [6, 6.07) is 6.46. The van der Waals surface area contributed by atoms with Gasteiger partial charge in [-0.25, -0.2) is 9.78 Å². The summed E-state index contributed by atoms with van der Waals surface area (Å²) in [5, 5.41) is 11.2. The maximum atomic E-state index is 12.1. The Hall–Kier alpha value is -2.45. The van der Waals surface area contributed by atoms with Gasteiger partial charge in [-0.05, 0) is 44.0 Å². The molecule has 0 spiro atoms. The number of nitrogens with one attached hydrogen (secondary N) is 3. The quantitative estimate of drug-likeness (QED) is 0.725. The first-order valence-electron chi connectivity index (χ1n) is 8.56. The summed E-state index contributed by atoms with van der Waals surface area (Å²) in [7, 11) is 0. The smallest absolute Gasteiger partial charge is 0.319 e. The lowest BCUT2D eigenvalue weighted by atomic mass is 10.2. The van der Waals surface area contributed by atoms with E-state index in [4.69, 9.17) is 4.74 Å². The number of amides is 3. The van der Waals surface area contributed by atoms with Gasteiger partial charge in [0, 0.05) is 29.8 Å². The van der Waals surface area contributed by atoms with E-state index < -0.39 is 0 Å². The molecule has 7 nitrogen and oxygen atoms in total. The van der Waals surface area contributed by atoms with Gasteiger partial charge in [0.25, 0.3) is 5.91 Å². The van der Waals surface area contributed by atoms with E-state index in [1.54, 1.807) is 35.6 Å². The van der Waals surface area contributed by atoms with Gasteiger partial charge in [0.1, 0.15) is 0 Å². The average Bonchev–Trinajstić information content (AvgIpc) is 3.30. The molecule has 1 fully saturated rings. The molecule has 1 saturated heterocycles. The third kappa shape index (κ3) is 5.27. The standard InChI is InChI=1S/C18H22N4O3S/c1-12-21-15(11-26-12)9-20-18(24)22-14-6-4-13(5-7-14)17(23)19-10-16-3-2-8-25-16/h4-7,11,16H,2-3,8-10H2,1H3,(H,19,23)(H2,20,22,24). The van der Waals surface area contributed by atoms with Crippen LogP contribution in [0.2, 0.25) is 0 Å². The van der Waals surface area contributed by atoms with E-state index in [9.17, 15) is 9.59 Å². The van der Waals surface area contributed by atoms with E-state index in [1.807, 2.05) is 12.3 Å². The maximum absolute atomic E-state index is 12.1. The number of carbonyl (C=O) groups is 2. The molecule has 0 bridgehead atoms. The number of ether oxygens (including phenoxy) is 1. The normalized spacial score (nSPS) is 16.3. The van der Waals surface area contributed by atoms with Gasteiger partial charge in [-0.2, -0.15) is 0 Å². The molecule has 1 unspecified atom stereocenters. The van der Waals surface area contributed by atoms with Crippen molar-refractivity contribution >= 4 is 29.0 Å². The van der Waals surface area contributed by atoms with Gasteiger partial charge in [-0.15, -0.1) is 11.3 Å². The van der Waals surface area contributed by atoms with Crippen molar-refractivity contribution in [3.63, 3.8) is 0 Å². The summed E-state index contributed by atoms with van der Waals surface area (Å²) >= 11 is 1.55. The molecule has 0 saturated carbocycles. The monoisotopic (exact) mass is 374 g/mol. The molecule has 3 rings (SSSR count). The van der Waals surface area contributed by atoms with E-state index >= 15 is 0 Å². The summed E-state index contributed by atoms with van der Waals surface area (Å²) in [5.74, 6) is -0.143. The van der Waals surface area contributed by atoms with Crippen LogP contribution in [-0.2, 0) is 11.3 Å². The molecular weight excluding hydrogens is 352 g/mol. The van der Waals surface area contributed by atoms with Crippen LogP contribution in [0, 0.1) is 6.92 Å². The molecule has 2 heterocycles. The highest BCUT2D eigenvalue weighted by atomic mass is 32.1. The first-order chi connectivity index (χ1) is 12.6. The fourth-order valence-corrected chi connectivity index (χ4v) is 3.27. The lowest BCUT2D eigenvalue weighted by molar-refractivity contribution is 0.0858. The van der Waals surface area contributed by atoms with Crippen LogP contribution in [0.3, 0.4) is 0 Å². The molecule has 0 radical (unpaired) electrons. The van der Waals surface area contributed by atoms with Crippen molar-refractivity contribution in [3.05, 3.63) is 45.9 Å². The molecule has 2 aromatic rings. The molecule has 138 valence electrons. The molecule has 1 aromatic heterocycles. The Morgan fingerprint density at radius 1 is 1.27 bits per heavy atom. The topological polar surface area (TPSA) is 92.4 Å². The number of thiazole rings is 1. The van der Waals surface area contributed by atoms with Crippen molar-refractivity contribution in [2.24, 2.45) is 0 Å². The second kappa shape index (κ2) is 8.77. The van der Waals surface area contributed by atoms with Crippen molar-refractivity contribution in [3.8, 4) is 0 Å². The predicted molar refractivity (Wildman–Crippen MR) is 100 cm³/mol. The van der Waals surface area contributed by atoms with Gasteiger partial charge in [0.05, 0.1) is 23.4 Å². The minimum atomic E-state index is -0.314. The summed E-state index contributed by atoms with van der Waals surface area (Å²) in [4.78, 5) is 28.3. The van der Waals surface area contributed by atoms with Crippen LogP contribution in [0.4, 0.5) is 10.5 Å². The Kier molecular flexibility index (Phi) is 6.19. The van der Waals surface area contributed by atoms with Crippen LogP contribution < -0.4 is 16.0 Å². The zero-order chi connectivity index (χ0) is 18.4. The van der Waals surface area contributed by atoms with Crippen molar-refractivity contribution < 1.29 is 14.3 Å². The SMILES string of the molecule is Cc1nc(CNC(=O)Nc2ccc(C(=O)NCC3CCCO3)cc2)cs1. The Labute approximate surface area is 156 Å². The second-order valence-electron chi connectivity index (χ2n) is 6.09. The summed E-state index contributed by atoms with van der Waals surface area (Å²) in [6.07, 6.45) is 2.15. The second-order valence-corrected chi connectivity index (χ2v) is 7.15. The van der Waals surface area contributed by atoms with Crippen LogP contribution in [0.5, 0.6) is 0 Å². The molecule has 26 heavy (non-hydrogen) atoms. The van der Waals surface area contributed by atoms with Crippen LogP contribution in [-0.4, -0.2) is 36.2 Å². The third-order valence-corrected chi connectivity index (χ3v) is 4.84. The Bertz CT molecular complexity index is 754. The number of nitrogens with zero attached hydrogens (tertiary/aromatic N) is 1. The van der Waals surface area contributed by atoms with Crippen LogP contribution in [0.1, 0.15) is 33.9 Å². The summed E-state index contributed by atoms with van der Waals surface area (Å²) in [6.45, 7) is 3.59. The highest BCUT2D eigenvalue weighted by molar-refractivity contribution is 7.09. The number of carbonyl (C=O) groups excluding carboxylic acids is 2. The zero-order valence-corrected chi connectivity index (χ0v) is 15.4. The highest BCUT2D eigenvalue weighted by Gasteiger charge is 2.16. The van der Waals surface area contributed by atoms with E-state index in [1.165, 1.54) is 0 Å². The minimum absolute atomic E-state index is 0.116. The molecule has 1 atom stereocenters. The zero-order valence-electron chi connectivity index (χ0n) is 14.6. The summed E-state index contributed by atoms with van der Waals surface area (Å²) < 4.78 is 5.49. The molecule has 8 heteroatoms. The molecule has 1 aliphatic rings. The highest BCUT2D eigenvalue weighted by Crippen LogP contribution is 2.12. The Morgan fingerprint density at radius 3 is 2.73 bits per heavy atom. The van der Waals surface area contributed by atoms with Gasteiger partial charge in [-0.1, -0.05) is 0 Å². The van der Waals surface area contributed by atoms with Crippen molar-refractivity contribution in [1.82, 2.24) is 15.6 Å². The van der Waals surface area contributed by atoms with Gasteiger partial charge in [0.15, 0.2) is 0 Å². The van der Waals surface area contributed by atoms with Gasteiger partial charge >= 0.3 is 6.03 Å². The van der Waals surface area contributed by atoms with Crippen molar-refractivity contribution in [2.75, 3.05) is 18.5 Å². The predicted octanol–water partition coefficient (Wildman–Crippen LogP) is 2.68. The Morgan fingerprint density at radius 2 is 2.08 bits per heavy atom. The van der Waals surface area contributed by atoms with Gasteiger partial charge in [0.2, 0.25) is 0 Å². The number of benzene rings is 1. The van der Waals surface area contributed by atoms with E-state index in [0.29, 0.717) is 24.3 Å². The van der Waals surface area contributed by atoms with Crippen LogP contribution in [0.25, 0.3) is 0 Å². The van der Waals surface area contributed by atoms with E-state index in [0.717, 1.165) is 30.2 Å². The van der Waals surface area contributed by atoms with Gasteiger partial charge < -0.3 is 20.7 Å². The van der Waals surface area contributed by atoms with Gasteiger partial charge in [-0.3, -0.25) is 4.79 Å². The number of hydrogen-bond donors (Lipinski definition) is 3. The fourth-order valence-electron chi connectivity index (χ4n) is 2.65. The summed E-state index contributed by atoms with van der Waals surface area (Å²) in [5.41, 5.74) is 2.00. The van der Waals surface area contributed by atoms with Crippen molar-refractivity contribution in [2.45, 2.75) is 32.4 Å². The molecular formula is C18H22N4O3S. The van der Waals surface area contributed by atoms with E-state index in [-0.39, 0.29) is 18.0 Å². The largest absolute Gasteiger partial charge is 0.376 e. The maximum Gasteiger partial charge on any atom is 0.319 e. The fraction of sp³-hybridized carbons (Fsp3) is 0.389.